The van der Waals surface area contributed by atoms with E-state index in [0.717, 1.165) is 5.56 Å². The topological polar surface area (TPSA) is 49.8 Å². The third-order valence-electron chi connectivity index (χ3n) is 2.37. The van der Waals surface area contributed by atoms with Gasteiger partial charge in [-0.25, -0.2) is 0 Å². The van der Waals surface area contributed by atoms with Crippen LogP contribution in [0, 0.1) is 0 Å². The third kappa shape index (κ3) is 4.17. The van der Waals surface area contributed by atoms with E-state index in [-0.39, 0.29) is 5.91 Å². The zero-order valence-corrected chi connectivity index (χ0v) is 10.5. The van der Waals surface area contributed by atoms with Crippen LogP contribution >= 0.6 is 0 Å². The number of hydrogen-bond donors (Lipinski definition) is 1. The predicted molar refractivity (Wildman–Crippen MR) is 65.8 cm³/mol. The molecule has 17 heavy (non-hydrogen) atoms. The molecule has 1 aromatic carbocycles. The lowest BCUT2D eigenvalue weighted by atomic mass is 10.1. The summed E-state index contributed by atoms with van der Waals surface area (Å²) in [6.07, 6.45) is -0.522. The van der Waals surface area contributed by atoms with E-state index in [1.165, 1.54) is 4.90 Å². The summed E-state index contributed by atoms with van der Waals surface area (Å²) in [6, 6.07) is 7.32. The lowest BCUT2D eigenvalue weighted by Gasteiger charge is -2.19. The normalized spacial score (nSPS) is 12.2. The summed E-state index contributed by atoms with van der Waals surface area (Å²) in [5, 5.41) is 9.24. The van der Waals surface area contributed by atoms with Crippen molar-refractivity contribution < 1.29 is 14.6 Å². The first-order chi connectivity index (χ1) is 8.04. The highest BCUT2D eigenvalue weighted by Crippen LogP contribution is 2.09. The number of amides is 1. The largest absolute Gasteiger partial charge is 0.392 e. The number of hydrogen-bond acceptors (Lipinski definition) is 3. The third-order valence-corrected chi connectivity index (χ3v) is 2.37. The predicted octanol–water partition coefficient (Wildman–Crippen LogP) is 1.29. The Kier molecular flexibility index (Phi) is 5.12. The Morgan fingerprint density at radius 1 is 1.53 bits per heavy atom. The molecule has 1 N–H and O–H groups in total. The molecule has 0 heterocycles. The van der Waals surface area contributed by atoms with Crippen LogP contribution in [0.2, 0.25) is 0 Å². The van der Waals surface area contributed by atoms with E-state index in [9.17, 15) is 9.90 Å². The number of carbonyl (C=O) groups is 1. The van der Waals surface area contributed by atoms with E-state index in [0.29, 0.717) is 18.7 Å². The number of nitrogens with zero attached hydrogens (tertiary/aromatic N) is 1. The first kappa shape index (κ1) is 13.7. The Hall–Kier alpha value is -1.39. The zero-order valence-electron chi connectivity index (χ0n) is 10.5. The van der Waals surface area contributed by atoms with Crippen LogP contribution < -0.4 is 0 Å². The minimum Gasteiger partial charge on any atom is -0.392 e. The molecule has 0 fully saturated rings. The highest BCUT2D eigenvalue weighted by atomic mass is 16.5. The molecule has 0 radical (unpaired) electrons. The Labute approximate surface area is 102 Å². The molecule has 0 aliphatic carbocycles. The monoisotopic (exact) mass is 237 g/mol. The van der Waals surface area contributed by atoms with E-state index in [4.69, 9.17) is 4.74 Å². The van der Waals surface area contributed by atoms with Gasteiger partial charge in [0.25, 0.3) is 5.91 Å². The van der Waals surface area contributed by atoms with Crippen molar-refractivity contribution >= 4 is 5.91 Å². The van der Waals surface area contributed by atoms with Gasteiger partial charge in [-0.2, -0.15) is 0 Å². The molecule has 4 nitrogen and oxygen atoms in total. The molecule has 0 bridgehead atoms. The molecule has 1 unspecified atom stereocenters. The van der Waals surface area contributed by atoms with E-state index in [2.05, 4.69) is 0 Å². The van der Waals surface area contributed by atoms with Crippen LogP contribution in [-0.4, -0.2) is 42.7 Å². The number of aliphatic hydroxyl groups is 1. The molecule has 94 valence electrons. The number of rotatable bonds is 5. The van der Waals surface area contributed by atoms with Gasteiger partial charge in [-0.05, 0) is 24.6 Å². The SMILES string of the molecule is COCc1cccc(C(=O)N(C)CC(C)O)c1. The molecule has 1 amide bonds. The quantitative estimate of drug-likeness (QED) is 0.839. The number of likely N-dealkylation sites (N-methyl/N-ethyl adjacent to an activating group) is 1. The number of ether oxygens (including phenoxy) is 1. The Morgan fingerprint density at radius 3 is 2.82 bits per heavy atom. The van der Waals surface area contributed by atoms with Gasteiger partial charge in [-0.1, -0.05) is 12.1 Å². The standard InChI is InChI=1S/C13H19NO3/c1-10(15)8-14(2)13(16)12-6-4-5-11(7-12)9-17-3/h4-7,10,15H,8-9H2,1-3H3. The van der Waals surface area contributed by atoms with E-state index >= 15 is 0 Å². The van der Waals surface area contributed by atoms with Gasteiger partial charge in [-0.3, -0.25) is 4.79 Å². The van der Waals surface area contributed by atoms with E-state index in [1.54, 1.807) is 27.1 Å². The smallest absolute Gasteiger partial charge is 0.253 e. The van der Waals surface area contributed by atoms with Crippen LogP contribution in [0.25, 0.3) is 0 Å². The number of carbonyl (C=O) groups excluding carboxylic acids is 1. The molecule has 0 spiro atoms. The van der Waals surface area contributed by atoms with E-state index < -0.39 is 6.10 Å². The van der Waals surface area contributed by atoms with Crippen molar-refractivity contribution in [3.63, 3.8) is 0 Å². The summed E-state index contributed by atoms with van der Waals surface area (Å²) in [6.45, 7) is 2.47. The average molecular weight is 237 g/mol. The van der Waals surface area contributed by atoms with Crippen LogP contribution in [-0.2, 0) is 11.3 Å². The first-order valence-corrected chi connectivity index (χ1v) is 5.56. The fraction of sp³-hybridized carbons (Fsp3) is 0.462. The Balaban J connectivity index is 2.77. The second kappa shape index (κ2) is 6.37. The molecule has 4 heteroatoms. The highest BCUT2D eigenvalue weighted by molar-refractivity contribution is 5.94. The van der Waals surface area contributed by atoms with Crippen LogP contribution in [0.15, 0.2) is 24.3 Å². The maximum atomic E-state index is 12.0. The van der Waals surface area contributed by atoms with Crippen LogP contribution in [0.5, 0.6) is 0 Å². The van der Waals surface area contributed by atoms with Crippen molar-refractivity contribution in [3.05, 3.63) is 35.4 Å². The molecule has 0 aliphatic heterocycles. The van der Waals surface area contributed by atoms with Gasteiger partial charge < -0.3 is 14.7 Å². The highest BCUT2D eigenvalue weighted by Gasteiger charge is 2.13. The summed E-state index contributed by atoms with van der Waals surface area (Å²) in [7, 11) is 3.30. The van der Waals surface area contributed by atoms with Gasteiger partial charge in [0.05, 0.1) is 12.7 Å². The van der Waals surface area contributed by atoms with E-state index in [1.807, 2.05) is 18.2 Å². The fourth-order valence-electron chi connectivity index (χ4n) is 1.66. The molecular weight excluding hydrogens is 218 g/mol. The molecular formula is C13H19NO3. The van der Waals surface area contributed by atoms with Gasteiger partial charge >= 0.3 is 0 Å². The fourth-order valence-corrected chi connectivity index (χ4v) is 1.66. The van der Waals surface area contributed by atoms with Gasteiger partial charge in [0.15, 0.2) is 0 Å². The van der Waals surface area contributed by atoms with Gasteiger partial charge in [0.2, 0.25) is 0 Å². The summed E-state index contributed by atoms with van der Waals surface area (Å²) < 4.78 is 5.02. The van der Waals surface area contributed by atoms with Crippen molar-refractivity contribution in [3.8, 4) is 0 Å². The second-order valence-corrected chi connectivity index (χ2v) is 4.17. The van der Waals surface area contributed by atoms with Crippen molar-refractivity contribution in [1.29, 1.82) is 0 Å². The Bertz CT molecular complexity index is 377. The minimum absolute atomic E-state index is 0.0937. The summed E-state index contributed by atoms with van der Waals surface area (Å²) in [5.74, 6) is -0.0937. The molecule has 1 atom stereocenters. The molecule has 0 saturated heterocycles. The molecule has 1 rings (SSSR count). The maximum Gasteiger partial charge on any atom is 0.253 e. The number of aliphatic hydroxyl groups excluding tert-OH is 1. The van der Waals surface area contributed by atoms with Gasteiger partial charge in [0, 0.05) is 26.3 Å². The molecule has 1 aromatic rings. The summed E-state index contributed by atoms with van der Waals surface area (Å²) >= 11 is 0. The first-order valence-electron chi connectivity index (χ1n) is 5.56. The van der Waals surface area contributed by atoms with Crippen LogP contribution in [0.4, 0.5) is 0 Å². The Morgan fingerprint density at radius 2 is 2.24 bits per heavy atom. The lowest BCUT2D eigenvalue weighted by Crippen LogP contribution is -2.33. The lowest BCUT2D eigenvalue weighted by molar-refractivity contribution is 0.0703. The summed E-state index contributed by atoms with van der Waals surface area (Å²) in [4.78, 5) is 13.5. The van der Waals surface area contributed by atoms with Crippen molar-refractivity contribution in [2.24, 2.45) is 0 Å². The van der Waals surface area contributed by atoms with Gasteiger partial charge in [0.1, 0.15) is 0 Å². The molecule has 0 aliphatic rings. The summed E-state index contributed by atoms with van der Waals surface area (Å²) in [5.41, 5.74) is 1.58. The molecule has 0 aromatic heterocycles. The molecule has 0 saturated carbocycles. The minimum atomic E-state index is -0.522. The van der Waals surface area contributed by atoms with Crippen molar-refractivity contribution in [1.82, 2.24) is 4.90 Å². The number of benzene rings is 1. The average Bonchev–Trinajstić information content (AvgIpc) is 2.28. The number of methoxy groups -OCH3 is 1. The maximum absolute atomic E-state index is 12.0. The van der Waals surface area contributed by atoms with Crippen LogP contribution in [0.3, 0.4) is 0 Å². The zero-order chi connectivity index (χ0) is 12.8. The second-order valence-electron chi connectivity index (χ2n) is 4.17. The van der Waals surface area contributed by atoms with Crippen molar-refractivity contribution in [2.75, 3.05) is 20.7 Å². The van der Waals surface area contributed by atoms with Crippen LogP contribution in [0.1, 0.15) is 22.8 Å². The van der Waals surface area contributed by atoms with Crippen molar-refractivity contribution in [2.45, 2.75) is 19.6 Å². The van der Waals surface area contributed by atoms with Gasteiger partial charge in [-0.15, -0.1) is 0 Å².